The molecule has 0 bridgehead atoms. The molecule has 1 aromatic rings. The zero-order valence-corrected chi connectivity index (χ0v) is 18.7. The monoisotopic (exact) mass is 433 g/mol. The summed E-state index contributed by atoms with van der Waals surface area (Å²) in [6, 6.07) is 3.28. The molecule has 0 spiro atoms. The van der Waals surface area contributed by atoms with E-state index in [2.05, 4.69) is 18.8 Å². The van der Waals surface area contributed by atoms with Gasteiger partial charge in [-0.05, 0) is 49.7 Å². The van der Waals surface area contributed by atoms with Crippen molar-refractivity contribution in [2.24, 2.45) is 11.8 Å². The predicted molar refractivity (Wildman–Crippen MR) is 115 cm³/mol. The van der Waals surface area contributed by atoms with Gasteiger partial charge in [-0.3, -0.25) is 9.59 Å². The third-order valence-electron chi connectivity index (χ3n) is 5.67. The SMILES string of the molecule is C[C@H]1CCCN(C(=O)COC(=O)c2cccnc2SCC(=O)N2CCC[C@H](C)C2)C1. The molecule has 2 aliphatic heterocycles. The summed E-state index contributed by atoms with van der Waals surface area (Å²) in [4.78, 5) is 45.4. The van der Waals surface area contributed by atoms with E-state index in [1.807, 2.05) is 4.90 Å². The van der Waals surface area contributed by atoms with E-state index >= 15 is 0 Å². The first-order valence-corrected chi connectivity index (χ1v) is 11.7. The van der Waals surface area contributed by atoms with Crippen LogP contribution in [-0.2, 0) is 14.3 Å². The number of carbonyl (C=O) groups is 3. The first-order valence-electron chi connectivity index (χ1n) is 10.7. The molecule has 0 radical (unpaired) electrons. The van der Waals surface area contributed by atoms with Gasteiger partial charge in [-0.15, -0.1) is 0 Å². The summed E-state index contributed by atoms with van der Waals surface area (Å²) in [6.45, 7) is 7.01. The molecule has 2 fully saturated rings. The molecule has 0 aromatic carbocycles. The summed E-state index contributed by atoms with van der Waals surface area (Å²) in [6.07, 6.45) is 5.88. The van der Waals surface area contributed by atoms with Gasteiger partial charge in [-0.25, -0.2) is 9.78 Å². The molecule has 164 valence electrons. The Balaban J connectivity index is 1.53. The molecular weight excluding hydrogens is 402 g/mol. The van der Waals surface area contributed by atoms with E-state index in [1.54, 1.807) is 23.2 Å². The number of pyridine rings is 1. The number of hydrogen-bond donors (Lipinski definition) is 0. The van der Waals surface area contributed by atoms with Crippen molar-refractivity contribution in [3.8, 4) is 0 Å². The van der Waals surface area contributed by atoms with Crippen molar-refractivity contribution in [2.45, 2.75) is 44.6 Å². The average molecular weight is 434 g/mol. The molecule has 1 aromatic heterocycles. The van der Waals surface area contributed by atoms with E-state index in [1.165, 1.54) is 11.8 Å². The highest BCUT2D eigenvalue weighted by Gasteiger charge is 2.24. The van der Waals surface area contributed by atoms with Gasteiger partial charge in [0.2, 0.25) is 5.91 Å². The summed E-state index contributed by atoms with van der Waals surface area (Å²) in [5.74, 6) is 0.541. The van der Waals surface area contributed by atoms with Gasteiger partial charge in [0.1, 0.15) is 5.03 Å². The zero-order chi connectivity index (χ0) is 21.5. The van der Waals surface area contributed by atoms with Crippen molar-refractivity contribution in [1.82, 2.24) is 14.8 Å². The third kappa shape index (κ3) is 6.20. The molecule has 3 rings (SSSR count). The lowest BCUT2D eigenvalue weighted by atomic mass is 10.0. The van der Waals surface area contributed by atoms with Crippen LogP contribution in [0.1, 0.15) is 49.9 Å². The Morgan fingerprint density at radius 2 is 1.70 bits per heavy atom. The van der Waals surface area contributed by atoms with Crippen molar-refractivity contribution < 1.29 is 19.1 Å². The molecule has 2 atom stereocenters. The summed E-state index contributed by atoms with van der Waals surface area (Å²) in [5, 5.41) is 0.458. The van der Waals surface area contributed by atoms with Crippen molar-refractivity contribution in [3.63, 3.8) is 0 Å². The summed E-state index contributed by atoms with van der Waals surface area (Å²) < 4.78 is 5.28. The van der Waals surface area contributed by atoms with E-state index in [4.69, 9.17) is 4.74 Å². The Kier molecular flexibility index (Phi) is 8.13. The number of thioether (sulfide) groups is 1. The summed E-state index contributed by atoms with van der Waals surface area (Å²) in [7, 11) is 0. The van der Waals surface area contributed by atoms with Crippen LogP contribution in [0.25, 0.3) is 0 Å². The third-order valence-corrected chi connectivity index (χ3v) is 6.66. The smallest absolute Gasteiger partial charge is 0.341 e. The second kappa shape index (κ2) is 10.8. The molecule has 2 aliphatic rings. The molecule has 0 unspecified atom stereocenters. The van der Waals surface area contributed by atoms with Crippen LogP contribution in [0.3, 0.4) is 0 Å². The topological polar surface area (TPSA) is 79.8 Å². The number of aromatic nitrogens is 1. The second-order valence-electron chi connectivity index (χ2n) is 8.40. The fourth-order valence-corrected chi connectivity index (χ4v) is 4.90. The van der Waals surface area contributed by atoms with Crippen LogP contribution >= 0.6 is 11.8 Å². The largest absolute Gasteiger partial charge is 0.452 e. The van der Waals surface area contributed by atoms with Gasteiger partial charge in [0, 0.05) is 32.4 Å². The normalized spacial score (nSPS) is 21.9. The molecule has 7 nitrogen and oxygen atoms in total. The van der Waals surface area contributed by atoms with Crippen LogP contribution in [0.2, 0.25) is 0 Å². The minimum atomic E-state index is -0.581. The second-order valence-corrected chi connectivity index (χ2v) is 9.36. The number of esters is 1. The maximum Gasteiger partial charge on any atom is 0.341 e. The van der Waals surface area contributed by atoms with Gasteiger partial charge < -0.3 is 14.5 Å². The van der Waals surface area contributed by atoms with E-state index in [0.717, 1.165) is 38.8 Å². The first-order chi connectivity index (χ1) is 14.4. The highest BCUT2D eigenvalue weighted by Crippen LogP contribution is 2.23. The Morgan fingerprint density at radius 3 is 2.33 bits per heavy atom. The van der Waals surface area contributed by atoms with Gasteiger partial charge >= 0.3 is 5.97 Å². The van der Waals surface area contributed by atoms with Crippen LogP contribution in [0.5, 0.6) is 0 Å². The predicted octanol–water partition coefficient (Wildman–Crippen LogP) is 2.85. The van der Waals surface area contributed by atoms with Gasteiger partial charge in [0.25, 0.3) is 5.91 Å². The number of amides is 2. The lowest BCUT2D eigenvalue weighted by Gasteiger charge is -2.31. The lowest BCUT2D eigenvalue weighted by Crippen LogP contribution is -2.41. The van der Waals surface area contributed by atoms with Gasteiger partial charge in [0.05, 0.1) is 11.3 Å². The molecule has 0 aliphatic carbocycles. The number of rotatable bonds is 6. The molecule has 0 N–H and O–H groups in total. The Labute approximate surface area is 182 Å². The number of nitrogens with zero attached hydrogens (tertiary/aromatic N) is 3. The van der Waals surface area contributed by atoms with E-state index in [0.29, 0.717) is 35.5 Å². The van der Waals surface area contributed by atoms with Crippen molar-refractivity contribution in [1.29, 1.82) is 0 Å². The highest BCUT2D eigenvalue weighted by molar-refractivity contribution is 8.00. The molecule has 8 heteroatoms. The number of carbonyl (C=O) groups excluding carboxylic acids is 3. The Hall–Kier alpha value is -2.09. The maximum atomic E-state index is 12.6. The number of likely N-dealkylation sites (tertiary alicyclic amines) is 2. The molecule has 2 amide bonds. The summed E-state index contributed by atoms with van der Waals surface area (Å²) >= 11 is 1.24. The van der Waals surface area contributed by atoms with E-state index in [9.17, 15) is 14.4 Å². The highest BCUT2D eigenvalue weighted by atomic mass is 32.2. The standard InChI is InChI=1S/C22H31N3O4S/c1-16-6-4-10-24(12-16)19(26)14-29-22(28)18-8-3-9-23-21(18)30-15-20(27)25-11-5-7-17(2)13-25/h3,8-9,16-17H,4-7,10-15H2,1-2H3/t16-,17-/m0/s1. The van der Waals surface area contributed by atoms with Crippen molar-refractivity contribution in [3.05, 3.63) is 23.9 Å². The summed E-state index contributed by atoms with van der Waals surface area (Å²) in [5.41, 5.74) is 0.294. The quantitative estimate of drug-likeness (QED) is 0.507. The van der Waals surface area contributed by atoms with E-state index < -0.39 is 5.97 Å². The first kappa shape index (κ1) is 22.6. The van der Waals surface area contributed by atoms with Gasteiger partial charge in [0.15, 0.2) is 6.61 Å². The molecule has 30 heavy (non-hydrogen) atoms. The van der Waals surface area contributed by atoms with Crippen LogP contribution < -0.4 is 0 Å². The molecule has 3 heterocycles. The average Bonchev–Trinajstić information content (AvgIpc) is 2.75. The Bertz CT molecular complexity index is 773. The fourth-order valence-electron chi connectivity index (χ4n) is 4.01. The lowest BCUT2D eigenvalue weighted by molar-refractivity contribution is -0.136. The van der Waals surface area contributed by atoms with Crippen LogP contribution in [-0.4, -0.2) is 71.1 Å². The molecular formula is C22H31N3O4S. The number of ether oxygens (including phenoxy) is 1. The Morgan fingerprint density at radius 1 is 1.07 bits per heavy atom. The zero-order valence-electron chi connectivity index (χ0n) is 17.8. The van der Waals surface area contributed by atoms with Crippen LogP contribution in [0, 0.1) is 11.8 Å². The fraction of sp³-hybridized carbons (Fsp3) is 0.636. The van der Waals surface area contributed by atoms with Crippen molar-refractivity contribution in [2.75, 3.05) is 38.5 Å². The van der Waals surface area contributed by atoms with Crippen molar-refractivity contribution >= 4 is 29.5 Å². The molecule has 2 saturated heterocycles. The van der Waals surface area contributed by atoms with E-state index in [-0.39, 0.29) is 24.2 Å². The maximum absolute atomic E-state index is 12.6. The number of hydrogen-bond acceptors (Lipinski definition) is 6. The number of piperidine rings is 2. The molecule has 0 saturated carbocycles. The van der Waals surface area contributed by atoms with Crippen LogP contribution in [0.15, 0.2) is 23.4 Å². The minimum absolute atomic E-state index is 0.0610. The van der Waals surface area contributed by atoms with Gasteiger partial charge in [-0.1, -0.05) is 25.6 Å². The van der Waals surface area contributed by atoms with Crippen LogP contribution in [0.4, 0.5) is 0 Å². The van der Waals surface area contributed by atoms with Gasteiger partial charge in [-0.2, -0.15) is 0 Å². The minimum Gasteiger partial charge on any atom is -0.452 e.